The second-order valence-corrected chi connectivity index (χ2v) is 7.37. The molecule has 0 radical (unpaired) electrons. The van der Waals surface area contributed by atoms with Crippen LogP contribution in [0.4, 0.5) is 0 Å². The maximum atomic E-state index is 12.2. The third-order valence-corrected chi connectivity index (χ3v) is 5.35. The third kappa shape index (κ3) is 4.95. The number of benzene rings is 2. The van der Waals surface area contributed by atoms with E-state index in [0.29, 0.717) is 23.8 Å². The first-order chi connectivity index (χ1) is 13.6. The molecule has 28 heavy (non-hydrogen) atoms. The lowest BCUT2D eigenvalue weighted by Gasteiger charge is -2.10. The van der Waals surface area contributed by atoms with E-state index in [1.165, 1.54) is 17.3 Å². The molecule has 0 aliphatic heterocycles. The van der Waals surface area contributed by atoms with Crippen molar-refractivity contribution < 1.29 is 14.3 Å². The number of para-hydroxylation sites is 1. The van der Waals surface area contributed by atoms with Gasteiger partial charge in [-0.3, -0.25) is 4.79 Å². The van der Waals surface area contributed by atoms with Gasteiger partial charge in [-0.15, -0.1) is 0 Å². The summed E-state index contributed by atoms with van der Waals surface area (Å²) in [7, 11) is 3.23. The van der Waals surface area contributed by atoms with Crippen LogP contribution < -0.4 is 14.8 Å². The number of rotatable bonds is 8. The highest BCUT2D eigenvalue weighted by molar-refractivity contribution is 7.99. The first-order valence-corrected chi connectivity index (χ1v) is 10.1. The molecule has 5 nitrogen and oxygen atoms in total. The molecule has 0 aliphatic carbocycles. The van der Waals surface area contributed by atoms with E-state index in [9.17, 15) is 4.79 Å². The van der Waals surface area contributed by atoms with Gasteiger partial charge in [-0.05, 0) is 48.7 Å². The predicted octanol–water partition coefficient (Wildman–Crippen LogP) is 4.01. The van der Waals surface area contributed by atoms with Crippen LogP contribution in [-0.2, 0) is 11.2 Å². The number of aromatic nitrogens is 1. The number of nitrogens with one attached hydrogen (secondary N) is 1. The number of hydrogen-bond donors (Lipinski definition) is 1. The summed E-state index contributed by atoms with van der Waals surface area (Å²) < 4.78 is 10.5. The lowest BCUT2D eigenvalue weighted by atomic mass is 10.1. The van der Waals surface area contributed by atoms with Crippen LogP contribution in [0, 0.1) is 6.92 Å². The molecular weight excluding hydrogens is 372 g/mol. The Bertz CT molecular complexity index is 975. The minimum atomic E-state index is -0.00177. The Hall–Kier alpha value is -2.73. The monoisotopic (exact) mass is 396 g/mol. The SMILES string of the molecule is COc1ccc(CCNC(=O)CSc2cc(C)c3ccccc3n2)cc1OC. The molecule has 0 saturated carbocycles. The van der Waals surface area contributed by atoms with Crippen LogP contribution in [0.5, 0.6) is 11.5 Å². The number of pyridine rings is 1. The Kier molecular flexibility index (Phi) is 6.76. The highest BCUT2D eigenvalue weighted by atomic mass is 32.2. The number of methoxy groups -OCH3 is 2. The van der Waals surface area contributed by atoms with Gasteiger partial charge in [0.15, 0.2) is 11.5 Å². The molecule has 6 heteroatoms. The number of nitrogens with zero attached hydrogens (tertiary/aromatic N) is 1. The first-order valence-electron chi connectivity index (χ1n) is 9.07. The Balaban J connectivity index is 1.50. The molecule has 2 aromatic carbocycles. The normalized spacial score (nSPS) is 10.7. The van der Waals surface area contributed by atoms with Crippen molar-refractivity contribution in [3.05, 3.63) is 59.7 Å². The average molecular weight is 397 g/mol. The maximum absolute atomic E-state index is 12.2. The molecule has 1 amide bonds. The fourth-order valence-corrected chi connectivity index (χ4v) is 3.77. The molecule has 3 rings (SSSR count). The minimum absolute atomic E-state index is 0.00177. The standard InChI is InChI=1S/C22H24N2O3S/c1-15-12-22(24-18-7-5-4-6-17(15)18)28-14-21(25)23-11-10-16-8-9-19(26-2)20(13-16)27-3/h4-9,12-13H,10-11,14H2,1-3H3,(H,23,25). The molecule has 0 saturated heterocycles. The van der Waals surface area contributed by atoms with Crippen molar-refractivity contribution in [1.82, 2.24) is 10.3 Å². The number of fused-ring (bicyclic) bond motifs is 1. The number of ether oxygens (including phenoxy) is 2. The van der Waals surface area contributed by atoms with Crippen LogP contribution in [0.25, 0.3) is 10.9 Å². The number of thioether (sulfide) groups is 1. The van der Waals surface area contributed by atoms with Crippen molar-refractivity contribution in [2.45, 2.75) is 18.4 Å². The highest BCUT2D eigenvalue weighted by Crippen LogP contribution is 2.27. The smallest absolute Gasteiger partial charge is 0.230 e. The minimum Gasteiger partial charge on any atom is -0.493 e. The summed E-state index contributed by atoms with van der Waals surface area (Å²) in [5.41, 5.74) is 3.21. The largest absolute Gasteiger partial charge is 0.493 e. The number of hydrogen-bond acceptors (Lipinski definition) is 5. The first kappa shape index (κ1) is 20.0. The van der Waals surface area contributed by atoms with Crippen LogP contribution in [0.2, 0.25) is 0 Å². The van der Waals surface area contributed by atoms with E-state index in [4.69, 9.17) is 9.47 Å². The van der Waals surface area contributed by atoms with E-state index in [1.807, 2.05) is 42.5 Å². The average Bonchev–Trinajstić information content (AvgIpc) is 2.72. The molecule has 0 fully saturated rings. The van der Waals surface area contributed by atoms with E-state index in [-0.39, 0.29) is 5.91 Å². The summed E-state index contributed by atoms with van der Waals surface area (Å²) in [6.45, 7) is 2.64. The zero-order valence-electron chi connectivity index (χ0n) is 16.3. The Morgan fingerprint density at radius 2 is 1.86 bits per heavy atom. The number of aryl methyl sites for hydroxylation is 1. The van der Waals surface area contributed by atoms with Gasteiger partial charge in [-0.25, -0.2) is 4.98 Å². The van der Waals surface area contributed by atoms with E-state index in [0.717, 1.165) is 27.9 Å². The second-order valence-electron chi connectivity index (χ2n) is 6.37. The summed E-state index contributed by atoms with van der Waals surface area (Å²) in [6.07, 6.45) is 0.726. The van der Waals surface area contributed by atoms with Gasteiger partial charge in [0.2, 0.25) is 5.91 Å². The maximum Gasteiger partial charge on any atom is 0.230 e. The fraction of sp³-hybridized carbons (Fsp3) is 0.273. The van der Waals surface area contributed by atoms with Gasteiger partial charge in [0.25, 0.3) is 0 Å². The Morgan fingerprint density at radius 3 is 2.64 bits per heavy atom. The van der Waals surface area contributed by atoms with Crippen LogP contribution in [0.1, 0.15) is 11.1 Å². The summed E-state index contributed by atoms with van der Waals surface area (Å²) in [5.74, 6) is 1.74. The number of carbonyl (C=O) groups is 1. The molecule has 0 unspecified atom stereocenters. The van der Waals surface area contributed by atoms with E-state index in [2.05, 4.69) is 23.3 Å². The molecule has 1 heterocycles. The van der Waals surface area contributed by atoms with Gasteiger partial charge in [0.05, 0.1) is 30.5 Å². The second kappa shape index (κ2) is 9.46. The van der Waals surface area contributed by atoms with Crippen molar-refractivity contribution in [3.63, 3.8) is 0 Å². The number of carbonyl (C=O) groups excluding carboxylic acids is 1. The molecule has 146 valence electrons. The zero-order chi connectivity index (χ0) is 19.9. The van der Waals surface area contributed by atoms with Crippen molar-refractivity contribution in [2.75, 3.05) is 26.5 Å². The van der Waals surface area contributed by atoms with Crippen LogP contribution >= 0.6 is 11.8 Å². The third-order valence-electron chi connectivity index (χ3n) is 4.43. The van der Waals surface area contributed by atoms with Gasteiger partial charge in [0.1, 0.15) is 0 Å². The molecule has 0 aliphatic rings. The van der Waals surface area contributed by atoms with Crippen molar-refractivity contribution in [1.29, 1.82) is 0 Å². The van der Waals surface area contributed by atoms with E-state index >= 15 is 0 Å². The van der Waals surface area contributed by atoms with Crippen LogP contribution in [0.15, 0.2) is 53.6 Å². The molecule has 0 bridgehead atoms. The lowest BCUT2D eigenvalue weighted by molar-refractivity contribution is -0.118. The van der Waals surface area contributed by atoms with Crippen LogP contribution in [0.3, 0.4) is 0 Å². The van der Waals surface area contributed by atoms with Crippen molar-refractivity contribution in [2.24, 2.45) is 0 Å². The van der Waals surface area contributed by atoms with Crippen molar-refractivity contribution in [3.8, 4) is 11.5 Å². The van der Waals surface area contributed by atoms with Gasteiger partial charge in [-0.1, -0.05) is 36.0 Å². The summed E-state index contributed by atoms with van der Waals surface area (Å²) in [4.78, 5) is 16.8. The zero-order valence-corrected chi connectivity index (χ0v) is 17.1. The van der Waals surface area contributed by atoms with Crippen LogP contribution in [-0.4, -0.2) is 37.4 Å². The van der Waals surface area contributed by atoms with Gasteiger partial charge < -0.3 is 14.8 Å². The quantitative estimate of drug-likeness (QED) is 0.583. The lowest BCUT2D eigenvalue weighted by Crippen LogP contribution is -2.27. The molecule has 3 aromatic rings. The van der Waals surface area contributed by atoms with E-state index in [1.54, 1.807) is 14.2 Å². The molecule has 0 atom stereocenters. The summed E-state index contributed by atoms with van der Waals surface area (Å²) in [5, 5.41) is 4.97. The predicted molar refractivity (Wildman–Crippen MR) is 113 cm³/mol. The number of amides is 1. The summed E-state index contributed by atoms with van der Waals surface area (Å²) >= 11 is 1.46. The molecule has 1 aromatic heterocycles. The molecule has 0 spiro atoms. The Morgan fingerprint density at radius 1 is 1.07 bits per heavy atom. The van der Waals surface area contributed by atoms with E-state index < -0.39 is 0 Å². The topological polar surface area (TPSA) is 60.5 Å². The van der Waals surface area contributed by atoms with Gasteiger partial charge in [0, 0.05) is 11.9 Å². The van der Waals surface area contributed by atoms with Crippen molar-refractivity contribution >= 4 is 28.6 Å². The summed E-state index contributed by atoms with van der Waals surface area (Å²) in [6, 6.07) is 15.9. The van der Waals surface area contributed by atoms with Gasteiger partial charge >= 0.3 is 0 Å². The molecular formula is C22H24N2O3S. The highest BCUT2D eigenvalue weighted by Gasteiger charge is 2.08. The Labute approximate surface area is 169 Å². The van der Waals surface area contributed by atoms with Gasteiger partial charge in [-0.2, -0.15) is 0 Å². The molecule has 1 N–H and O–H groups in total. The fourth-order valence-electron chi connectivity index (χ4n) is 2.97.